The van der Waals surface area contributed by atoms with Gasteiger partial charge in [0.15, 0.2) is 0 Å². The molecule has 0 aliphatic carbocycles. The van der Waals surface area contributed by atoms with Gasteiger partial charge in [-0.3, -0.25) is 4.90 Å². The van der Waals surface area contributed by atoms with E-state index in [4.69, 9.17) is 9.47 Å². The number of rotatable bonds is 6. The van der Waals surface area contributed by atoms with E-state index >= 15 is 0 Å². The Morgan fingerprint density at radius 1 is 1.25 bits per heavy atom. The van der Waals surface area contributed by atoms with E-state index in [0.717, 1.165) is 10.4 Å². The van der Waals surface area contributed by atoms with Crippen LogP contribution in [0.5, 0.6) is 5.75 Å². The predicted octanol–water partition coefficient (Wildman–Crippen LogP) is 4.25. The van der Waals surface area contributed by atoms with E-state index in [9.17, 15) is 9.59 Å². The van der Waals surface area contributed by atoms with E-state index in [-0.39, 0.29) is 12.1 Å². The highest BCUT2D eigenvalue weighted by Gasteiger charge is 2.36. The van der Waals surface area contributed by atoms with Crippen molar-refractivity contribution < 1.29 is 19.1 Å². The molecule has 1 aliphatic heterocycles. The molecule has 0 bridgehead atoms. The Morgan fingerprint density at radius 2 is 1.96 bits per heavy atom. The molecular formula is C21H24N2O4S. The van der Waals surface area contributed by atoms with Crippen LogP contribution in [0.4, 0.5) is 4.79 Å². The standard InChI is InChI=1S/C21H24N2O4S/c1-13(2)27-20(24)18-14(3)23(12-17-6-5-11-28-17)21(25)22-19(18)15-7-9-16(26-4)10-8-15/h5-11,13,19H,12H2,1-4H3,(H,22,25). The van der Waals surface area contributed by atoms with Crippen LogP contribution in [0.1, 0.15) is 37.3 Å². The molecule has 1 atom stereocenters. The molecule has 2 amide bonds. The minimum Gasteiger partial charge on any atom is -0.497 e. The van der Waals surface area contributed by atoms with Gasteiger partial charge in [0.05, 0.1) is 31.4 Å². The molecule has 1 unspecified atom stereocenters. The van der Waals surface area contributed by atoms with Gasteiger partial charge in [0, 0.05) is 10.6 Å². The van der Waals surface area contributed by atoms with Crippen molar-refractivity contribution in [3.8, 4) is 5.75 Å². The number of methoxy groups -OCH3 is 1. The first-order valence-corrected chi connectivity index (χ1v) is 9.94. The summed E-state index contributed by atoms with van der Waals surface area (Å²) in [6.07, 6.45) is -0.257. The van der Waals surface area contributed by atoms with Gasteiger partial charge in [0.1, 0.15) is 5.75 Å². The van der Waals surface area contributed by atoms with Gasteiger partial charge in [-0.05, 0) is 49.9 Å². The topological polar surface area (TPSA) is 67.9 Å². The Kier molecular flexibility index (Phi) is 6.04. The number of amides is 2. The van der Waals surface area contributed by atoms with Gasteiger partial charge in [-0.25, -0.2) is 9.59 Å². The van der Waals surface area contributed by atoms with Crippen LogP contribution in [0.3, 0.4) is 0 Å². The van der Waals surface area contributed by atoms with Crippen LogP contribution < -0.4 is 10.1 Å². The van der Waals surface area contributed by atoms with Crippen LogP contribution in [0, 0.1) is 0 Å². The van der Waals surface area contributed by atoms with Crippen molar-refractivity contribution >= 4 is 23.3 Å². The first-order chi connectivity index (χ1) is 13.4. The second-order valence-corrected chi connectivity index (χ2v) is 7.81. The molecule has 0 spiro atoms. The molecule has 6 nitrogen and oxygen atoms in total. The summed E-state index contributed by atoms with van der Waals surface area (Å²) in [5.41, 5.74) is 1.83. The Labute approximate surface area is 168 Å². The maximum atomic E-state index is 12.9. The highest BCUT2D eigenvalue weighted by Crippen LogP contribution is 2.33. The van der Waals surface area contributed by atoms with Gasteiger partial charge in [-0.1, -0.05) is 18.2 Å². The van der Waals surface area contributed by atoms with E-state index < -0.39 is 12.0 Å². The van der Waals surface area contributed by atoms with Crippen molar-refractivity contribution in [1.82, 2.24) is 10.2 Å². The van der Waals surface area contributed by atoms with Gasteiger partial charge in [-0.15, -0.1) is 11.3 Å². The fraction of sp³-hybridized carbons (Fsp3) is 0.333. The van der Waals surface area contributed by atoms with Crippen LogP contribution >= 0.6 is 11.3 Å². The molecular weight excluding hydrogens is 376 g/mol. The molecule has 3 rings (SSSR count). The van der Waals surface area contributed by atoms with Gasteiger partial charge in [0.2, 0.25) is 0 Å². The molecule has 148 valence electrons. The van der Waals surface area contributed by atoms with Crippen LogP contribution in [-0.2, 0) is 16.1 Å². The van der Waals surface area contributed by atoms with Crippen LogP contribution in [0.15, 0.2) is 53.0 Å². The van der Waals surface area contributed by atoms with Crippen molar-refractivity contribution in [3.63, 3.8) is 0 Å². The first-order valence-electron chi connectivity index (χ1n) is 9.06. The Balaban J connectivity index is 2.01. The number of nitrogens with one attached hydrogen (secondary N) is 1. The molecule has 7 heteroatoms. The fourth-order valence-electron chi connectivity index (χ4n) is 3.12. The zero-order valence-electron chi connectivity index (χ0n) is 16.4. The SMILES string of the molecule is COc1ccc(C2NC(=O)N(Cc3cccs3)C(C)=C2C(=O)OC(C)C)cc1. The lowest BCUT2D eigenvalue weighted by atomic mass is 9.94. The minimum atomic E-state index is -0.579. The van der Waals surface area contributed by atoms with Crippen molar-refractivity contribution in [2.24, 2.45) is 0 Å². The summed E-state index contributed by atoms with van der Waals surface area (Å²) in [5.74, 6) is 0.279. The van der Waals surface area contributed by atoms with Crippen LogP contribution in [-0.4, -0.2) is 30.1 Å². The fourth-order valence-corrected chi connectivity index (χ4v) is 3.81. The minimum absolute atomic E-state index is 0.243. The van der Waals surface area contributed by atoms with Gasteiger partial charge < -0.3 is 14.8 Å². The lowest BCUT2D eigenvalue weighted by Gasteiger charge is -2.35. The number of hydrogen-bond acceptors (Lipinski definition) is 5. The third kappa shape index (κ3) is 4.20. The predicted molar refractivity (Wildman–Crippen MR) is 108 cm³/mol. The molecule has 2 heterocycles. The largest absolute Gasteiger partial charge is 0.497 e. The smallest absolute Gasteiger partial charge is 0.338 e. The number of esters is 1. The number of urea groups is 1. The summed E-state index contributed by atoms with van der Waals surface area (Å²) in [5, 5.41) is 4.92. The average Bonchev–Trinajstić information content (AvgIpc) is 3.17. The molecule has 1 aliphatic rings. The highest BCUT2D eigenvalue weighted by molar-refractivity contribution is 7.09. The molecule has 1 N–H and O–H groups in total. The van der Waals surface area contributed by atoms with Crippen molar-refractivity contribution in [2.45, 2.75) is 39.5 Å². The quantitative estimate of drug-likeness (QED) is 0.736. The summed E-state index contributed by atoms with van der Waals surface area (Å²) < 4.78 is 10.7. The zero-order valence-corrected chi connectivity index (χ0v) is 17.2. The molecule has 1 aromatic heterocycles. The first kappa shape index (κ1) is 19.9. The molecule has 0 radical (unpaired) electrons. The monoisotopic (exact) mass is 400 g/mol. The Morgan fingerprint density at radius 3 is 2.54 bits per heavy atom. The summed E-state index contributed by atoms with van der Waals surface area (Å²) in [4.78, 5) is 28.4. The van der Waals surface area contributed by atoms with E-state index in [2.05, 4.69) is 5.32 Å². The molecule has 28 heavy (non-hydrogen) atoms. The van der Waals surface area contributed by atoms with Crippen molar-refractivity contribution in [1.29, 1.82) is 0 Å². The van der Waals surface area contributed by atoms with Crippen LogP contribution in [0.2, 0.25) is 0 Å². The Hall–Kier alpha value is -2.80. The number of carbonyl (C=O) groups is 2. The summed E-state index contributed by atoms with van der Waals surface area (Å²) in [7, 11) is 1.59. The van der Waals surface area contributed by atoms with E-state index in [1.807, 2.05) is 29.6 Å². The van der Waals surface area contributed by atoms with E-state index in [1.54, 1.807) is 56.3 Å². The highest BCUT2D eigenvalue weighted by atomic mass is 32.1. The number of hydrogen-bond donors (Lipinski definition) is 1. The average molecular weight is 401 g/mol. The normalized spacial score (nSPS) is 17.0. The maximum absolute atomic E-state index is 12.9. The molecule has 0 saturated heterocycles. The summed E-state index contributed by atoms with van der Waals surface area (Å²) >= 11 is 1.57. The maximum Gasteiger partial charge on any atom is 0.338 e. The zero-order chi connectivity index (χ0) is 20.3. The molecule has 2 aromatic rings. The lowest BCUT2D eigenvalue weighted by Crippen LogP contribution is -2.47. The van der Waals surface area contributed by atoms with E-state index in [1.165, 1.54) is 0 Å². The van der Waals surface area contributed by atoms with Gasteiger partial charge in [-0.2, -0.15) is 0 Å². The number of nitrogens with zero attached hydrogens (tertiary/aromatic N) is 1. The van der Waals surface area contributed by atoms with Gasteiger partial charge in [0.25, 0.3) is 0 Å². The third-order valence-electron chi connectivity index (χ3n) is 4.50. The lowest BCUT2D eigenvalue weighted by molar-refractivity contribution is -0.143. The van der Waals surface area contributed by atoms with Crippen molar-refractivity contribution in [2.75, 3.05) is 7.11 Å². The molecule has 0 fully saturated rings. The summed E-state index contributed by atoms with van der Waals surface area (Å²) in [6.45, 7) is 5.81. The number of thiophene rings is 1. The molecule has 0 saturated carbocycles. The second kappa shape index (κ2) is 8.48. The second-order valence-electron chi connectivity index (χ2n) is 6.77. The third-order valence-corrected chi connectivity index (χ3v) is 5.36. The number of benzene rings is 1. The molecule has 1 aromatic carbocycles. The number of allylic oxidation sites excluding steroid dienone is 1. The number of carbonyl (C=O) groups excluding carboxylic acids is 2. The number of ether oxygens (including phenoxy) is 2. The van der Waals surface area contributed by atoms with Gasteiger partial charge >= 0.3 is 12.0 Å². The van der Waals surface area contributed by atoms with Crippen molar-refractivity contribution in [3.05, 3.63) is 63.5 Å². The van der Waals surface area contributed by atoms with Crippen LogP contribution in [0.25, 0.3) is 0 Å². The summed E-state index contributed by atoms with van der Waals surface area (Å²) in [6, 6.07) is 10.4. The van der Waals surface area contributed by atoms with E-state index in [0.29, 0.717) is 23.6 Å². The Bertz CT molecular complexity index is 872.